The Hall–Kier alpha value is -2.78. The fourth-order valence-electron chi connectivity index (χ4n) is 2.23. The lowest BCUT2D eigenvalue weighted by Crippen LogP contribution is -2.52. The first kappa shape index (κ1) is 20.5. The molecule has 0 bridgehead atoms. The summed E-state index contributed by atoms with van der Waals surface area (Å²) in [4.78, 5) is 21.8. The average molecular weight is 395 g/mol. The number of hydrogen-bond acceptors (Lipinski definition) is 5. The summed E-state index contributed by atoms with van der Waals surface area (Å²) in [6.45, 7) is 1.20. The number of carboxylic acid groups (broad SMARTS) is 1. The first-order valence-electron chi connectivity index (χ1n) is 7.91. The quantitative estimate of drug-likeness (QED) is 0.632. The highest BCUT2D eigenvalue weighted by molar-refractivity contribution is 7.89. The average Bonchev–Trinajstić information content (AvgIpc) is 2.62. The van der Waals surface area contributed by atoms with E-state index in [2.05, 4.69) is 4.72 Å². The Morgan fingerprint density at radius 2 is 1.67 bits per heavy atom. The third-order valence-electron chi connectivity index (χ3n) is 3.78. The van der Waals surface area contributed by atoms with E-state index in [0.717, 1.165) is 0 Å². The molecule has 0 heterocycles. The van der Waals surface area contributed by atoms with Crippen molar-refractivity contribution in [1.29, 1.82) is 0 Å². The number of carboxylic acids is 1. The molecule has 2 aromatic carbocycles. The van der Waals surface area contributed by atoms with Crippen LogP contribution in [0.25, 0.3) is 0 Å². The highest BCUT2D eigenvalue weighted by Crippen LogP contribution is 2.24. The Bertz CT molecular complexity index is 912. The van der Waals surface area contributed by atoms with Gasteiger partial charge in [-0.2, -0.15) is 4.72 Å². The van der Waals surface area contributed by atoms with Crippen LogP contribution in [0.1, 0.15) is 19.8 Å². The van der Waals surface area contributed by atoms with Crippen LogP contribution in [0, 0.1) is 5.82 Å². The van der Waals surface area contributed by atoms with E-state index in [-0.39, 0.29) is 17.7 Å². The van der Waals surface area contributed by atoms with Gasteiger partial charge in [-0.25, -0.2) is 12.8 Å². The van der Waals surface area contributed by atoms with Crippen LogP contribution in [0.15, 0.2) is 53.4 Å². The van der Waals surface area contributed by atoms with Crippen molar-refractivity contribution >= 4 is 22.3 Å². The van der Waals surface area contributed by atoms with Gasteiger partial charge in [0.25, 0.3) is 0 Å². The van der Waals surface area contributed by atoms with Gasteiger partial charge in [0.2, 0.25) is 10.0 Å². The second kappa shape index (κ2) is 8.28. The van der Waals surface area contributed by atoms with Gasteiger partial charge in [0.15, 0.2) is 0 Å². The van der Waals surface area contributed by atoms with Crippen molar-refractivity contribution in [3.8, 4) is 11.5 Å². The minimum atomic E-state index is -4.14. The molecule has 1 unspecified atom stereocenters. The number of ether oxygens (including phenoxy) is 1. The lowest BCUT2D eigenvalue weighted by atomic mass is 9.98. The molecule has 0 saturated heterocycles. The molecule has 144 valence electrons. The monoisotopic (exact) mass is 395 g/mol. The highest BCUT2D eigenvalue weighted by atomic mass is 32.2. The number of nitrogens with one attached hydrogen (secondary N) is 1. The van der Waals surface area contributed by atoms with E-state index in [9.17, 15) is 27.5 Å². The molecule has 0 spiro atoms. The van der Waals surface area contributed by atoms with Gasteiger partial charge in [-0.05, 0) is 61.9 Å². The molecule has 0 aliphatic carbocycles. The van der Waals surface area contributed by atoms with Crippen molar-refractivity contribution < 1.29 is 32.2 Å². The SMILES string of the molecule is CC(CCC=O)(NS(=O)(=O)c1ccc(Oc2ccc(F)cc2)cc1)C(=O)O. The van der Waals surface area contributed by atoms with Crippen LogP contribution in [0.5, 0.6) is 11.5 Å². The van der Waals surface area contributed by atoms with Crippen LogP contribution in [0.4, 0.5) is 4.39 Å². The number of sulfonamides is 1. The molecular formula is C18H18FNO6S. The number of aldehydes is 1. The summed E-state index contributed by atoms with van der Waals surface area (Å²) in [5, 5.41) is 9.31. The minimum Gasteiger partial charge on any atom is -0.480 e. The predicted octanol–water partition coefficient (Wildman–Crippen LogP) is 2.72. The molecule has 2 aromatic rings. The summed E-state index contributed by atoms with van der Waals surface area (Å²) in [6, 6.07) is 10.6. The summed E-state index contributed by atoms with van der Waals surface area (Å²) in [5.74, 6) is -1.10. The topological polar surface area (TPSA) is 110 Å². The van der Waals surface area contributed by atoms with E-state index in [1.165, 1.54) is 55.5 Å². The van der Waals surface area contributed by atoms with Gasteiger partial charge in [0.05, 0.1) is 4.90 Å². The second-order valence-corrected chi connectivity index (χ2v) is 7.66. The molecular weight excluding hydrogens is 377 g/mol. The van der Waals surface area contributed by atoms with E-state index in [1.807, 2.05) is 0 Å². The Kier molecular flexibility index (Phi) is 6.29. The maximum absolute atomic E-state index is 12.9. The van der Waals surface area contributed by atoms with Gasteiger partial charge in [-0.3, -0.25) is 4.79 Å². The molecule has 0 aliphatic rings. The number of rotatable bonds is 9. The number of carbonyl (C=O) groups is 2. The number of benzene rings is 2. The van der Waals surface area contributed by atoms with Crippen LogP contribution >= 0.6 is 0 Å². The van der Waals surface area contributed by atoms with E-state index in [1.54, 1.807) is 0 Å². The van der Waals surface area contributed by atoms with Crippen molar-refractivity contribution in [3.05, 3.63) is 54.3 Å². The standard InChI is InChI=1S/C18H18FNO6S/c1-18(17(22)23,11-2-12-21)20-27(24,25)16-9-7-15(8-10-16)26-14-5-3-13(19)4-6-14/h3-10,12,20H,2,11H2,1H3,(H,22,23). The minimum absolute atomic E-state index is 0.101. The maximum Gasteiger partial charge on any atom is 0.324 e. The van der Waals surface area contributed by atoms with Gasteiger partial charge >= 0.3 is 5.97 Å². The van der Waals surface area contributed by atoms with Crippen molar-refractivity contribution in [2.45, 2.75) is 30.2 Å². The molecule has 0 amide bonds. The molecule has 27 heavy (non-hydrogen) atoms. The van der Waals surface area contributed by atoms with E-state index < -0.39 is 27.3 Å². The van der Waals surface area contributed by atoms with Crippen molar-refractivity contribution in [1.82, 2.24) is 4.72 Å². The van der Waals surface area contributed by atoms with Crippen molar-refractivity contribution in [2.75, 3.05) is 0 Å². The molecule has 0 aliphatic heterocycles. The van der Waals surface area contributed by atoms with Crippen molar-refractivity contribution in [2.24, 2.45) is 0 Å². The zero-order valence-corrected chi connectivity index (χ0v) is 15.2. The lowest BCUT2D eigenvalue weighted by molar-refractivity contribution is -0.143. The Labute approximate surface area is 155 Å². The van der Waals surface area contributed by atoms with Gasteiger partial charge in [0, 0.05) is 6.42 Å². The van der Waals surface area contributed by atoms with Crippen molar-refractivity contribution in [3.63, 3.8) is 0 Å². The zero-order chi connectivity index (χ0) is 20.1. The van der Waals surface area contributed by atoms with Crippen LogP contribution in [-0.4, -0.2) is 31.3 Å². The summed E-state index contributed by atoms with van der Waals surface area (Å²) >= 11 is 0. The van der Waals surface area contributed by atoms with Gasteiger partial charge in [-0.1, -0.05) is 0 Å². The fraction of sp³-hybridized carbons (Fsp3) is 0.222. The second-order valence-electron chi connectivity index (χ2n) is 5.98. The third kappa shape index (κ3) is 5.35. The molecule has 2 rings (SSSR count). The van der Waals surface area contributed by atoms with Gasteiger partial charge < -0.3 is 14.6 Å². The lowest BCUT2D eigenvalue weighted by Gasteiger charge is -2.25. The van der Waals surface area contributed by atoms with Crippen LogP contribution in [0.3, 0.4) is 0 Å². The largest absolute Gasteiger partial charge is 0.480 e. The maximum atomic E-state index is 12.9. The van der Waals surface area contributed by atoms with Gasteiger partial charge in [-0.15, -0.1) is 0 Å². The Morgan fingerprint density at radius 1 is 1.15 bits per heavy atom. The molecule has 0 saturated carbocycles. The number of halogens is 1. The molecule has 0 radical (unpaired) electrons. The highest BCUT2D eigenvalue weighted by Gasteiger charge is 2.37. The van der Waals surface area contributed by atoms with Gasteiger partial charge in [0.1, 0.15) is 29.1 Å². The number of hydrogen-bond donors (Lipinski definition) is 2. The Balaban J connectivity index is 2.17. The van der Waals surface area contributed by atoms with E-state index >= 15 is 0 Å². The summed E-state index contributed by atoms with van der Waals surface area (Å²) in [5.41, 5.74) is -1.82. The molecule has 0 fully saturated rings. The Morgan fingerprint density at radius 3 is 2.15 bits per heavy atom. The molecule has 9 heteroatoms. The first-order chi connectivity index (χ1) is 12.7. The first-order valence-corrected chi connectivity index (χ1v) is 9.39. The third-order valence-corrected chi connectivity index (χ3v) is 5.39. The summed E-state index contributed by atoms with van der Waals surface area (Å²) in [6.07, 6.45) is 0.240. The molecule has 1 atom stereocenters. The smallest absolute Gasteiger partial charge is 0.324 e. The van der Waals surface area contributed by atoms with E-state index in [4.69, 9.17) is 4.74 Å². The van der Waals surface area contributed by atoms with Crippen LogP contribution in [-0.2, 0) is 19.6 Å². The van der Waals surface area contributed by atoms with Crippen LogP contribution in [0.2, 0.25) is 0 Å². The predicted molar refractivity (Wildman–Crippen MR) is 94.6 cm³/mol. The molecule has 7 nitrogen and oxygen atoms in total. The normalized spacial score (nSPS) is 13.6. The zero-order valence-electron chi connectivity index (χ0n) is 14.4. The van der Waals surface area contributed by atoms with Crippen LogP contribution < -0.4 is 9.46 Å². The summed E-state index contributed by atoms with van der Waals surface area (Å²) in [7, 11) is -4.14. The number of aliphatic carboxylic acids is 1. The number of carbonyl (C=O) groups excluding carboxylic acids is 1. The fourth-order valence-corrected chi connectivity index (χ4v) is 3.62. The molecule has 2 N–H and O–H groups in total. The molecule has 0 aromatic heterocycles. The van der Waals surface area contributed by atoms with E-state index in [0.29, 0.717) is 17.8 Å². The summed E-state index contributed by atoms with van der Waals surface area (Å²) < 4.78 is 45.4.